The van der Waals surface area contributed by atoms with Crippen LogP contribution in [-0.2, 0) is 6.61 Å². The van der Waals surface area contributed by atoms with E-state index in [1.54, 1.807) is 0 Å². The quantitative estimate of drug-likeness (QED) is 0.784. The second kappa shape index (κ2) is 5.05. The van der Waals surface area contributed by atoms with E-state index >= 15 is 0 Å². The molecule has 0 fully saturated rings. The molecule has 0 radical (unpaired) electrons. The van der Waals surface area contributed by atoms with Crippen LogP contribution in [0.25, 0.3) is 0 Å². The molecule has 0 bridgehead atoms. The Hall–Kier alpha value is -1.75. The Morgan fingerprint density at radius 2 is 2.35 bits per heavy atom. The number of aromatic nitrogens is 1. The highest BCUT2D eigenvalue weighted by atomic mass is 32.1. The molecule has 1 heterocycles. The molecule has 0 saturated carbocycles. The van der Waals surface area contributed by atoms with Gasteiger partial charge in [0.1, 0.15) is 11.6 Å². The largest absolute Gasteiger partial charge is 0.483 e. The number of hydrogen-bond acceptors (Lipinski definition) is 4. The molecule has 0 aliphatic carbocycles. The third-order valence-corrected chi connectivity index (χ3v) is 3.07. The van der Waals surface area contributed by atoms with E-state index < -0.39 is 5.82 Å². The summed E-state index contributed by atoms with van der Waals surface area (Å²) in [6, 6.07) is 4.24. The summed E-state index contributed by atoms with van der Waals surface area (Å²) < 4.78 is 18.7. The summed E-state index contributed by atoms with van der Waals surface area (Å²) in [4.78, 5) is 14.9. The molecule has 3 nitrogen and oxygen atoms in total. The van der Waals surface area contributed by atoms with Gasteiger partial charge in [0, 0.05) is 11.1 Å². The number of nitrogens with zero attached hydrogens (tertiary/aromatic N) is 1. The topological polar surface area (TPSA) is 39.2 Å². The van der Waals surface area contributed by atoms with Gasteiger partial charge in [-0.05, 0) is 19.1 Å². The van der Waals surface area contributed by atoms with E-state index in [1.807, 2.05) is 12.3 Å². The lowest BCUT2D eigenvalue weighted by molar-refractivity contribution is 0.111. The lowest BCUT2D eigenvalue weighted by atomic mass is 10.2. The van der Waals surface area contributed by atoms with E-state index in [0.717, 1.165) is 10.7 Å². The van der Waals surface area contributed by atoms with Crippen LogP contribution < -0.4 is 4.74 Å². The average molecular weight is 251 g/mol. The molecular weight excluding hydrogens is 241 g/mol. The Morgan fingerprint density at radius 1 is 1.53 bits per heavy atom. The first-order chi connectivity index (χ1) is 8.20. The van der Waals surface area contributed by atoms with Crippen molar-refractivity contribution in [1.29, 1.82) is 0 Å². The molecule has 2 rings (SSSR count). The van der Waals surface area contributed by atoms with Gasteiger partial charge in [-0.1, -0.05) is 6.07 Å². The van der Waals surface area contributed by atoms with E-state index in [2.05, 4.69) is 4.98 Å². The monoisotopic (exact) mass is 251 g/mol. The van der Waals surface area contributed by atoms with Crippen molar-refractivity contribution in [2.45, 2.75) is 13.5 Å². The van der Waals surface area contributed by atoms with Gasteiger partial charge in [-0.15, -0.1) is 11.3 Å². The molecule has 0 aliphatic heterocycles. The molecular formula is C12H10FNO2S. The molecule has 0 aliphatic rings. The minimum atomic E-state index is -0.539. The zero-order valence-electron chi connectivity index (χ0n) is 9.14. The van der Waals surface area contributed by atoms with Gasteiger partial charge in [-0.25, -0.2) is 9.37 Å². The Bertz CT molecular complexity index is 539. The number of para-hydroxylation sites is 1. The third kappa shape index (κ3) is 2.68. The van der Waals surface area contributed by atoms with Gasteiger partial charge in [0.15, 0.2) is 17.9 Å². The Kier molecular flexibility index (Phi) is 3.49. The van der Waals surface area contributed by atoms with Crippen molar-refractivity contribution >= 4 is 17.6 Å². The number of carbonyl (C=O) groups is 1. The predicted octanol–water partition coefficient (Wildman–Crippen LogP) is 2.98. The fraction of sp³-hybridized carbons (Fsp3) is 0.167. The second-order valence-corrected chi connectivity index (χ2v) is 4.39. The minimum Gasteiger partial charge on any atom is -0.483 e. The number of halogens is 1. The zero-order valence-corrected chi connectivity index (χ0v) is 9.96. The van der Waals surface area contributed by atoms with Gasteiger partial charge < -0.3 is 4.74 Å². The molecule has 1 aromatic carbocycles. The molecule has 0 N–H and O–H groups in total. The number of aldehydes is 1. The van der Waals surface area contributed by atoms with E-state index in [4.69, 9.17) is 4.74 Å². The van der Waals surface area contributed by atoms with Crippen LogP contribution in [0.1, 0.15) is 21.1 Å². The van der Waals surface area contributed by atoms with Crippen LogP contribution in [0.4, 0.5) is 4.39 Å². The number of thiazole rings is 1. The maximum atomic E-state index is 13.4. The molecule has 88 valence electrons. The van der Waals surface area contributed by atoms with Crippen molar-refractivity contribution in [2.75, 3.05) is 0 Å². The second-order valence-electron chi connectivity index (χ2n) is 3.45. The van der Waals surface area contributed by atoms with E-state index in [9.17, 15) is 9.18 Å². The lowest BCUT2D eigenvalue weighted by Crippen LogP contribution is -2.00. The predicted molar refractivity (Wildman–Crippen MR) is 63.0 cm³/mol. The number of carbonyl (C=O) groups excluding carboxylic acids is 1. The zero-order chi connectivity index (χ0) is 12.3. The summed E-state index contributed by atoms with van der Waals surface area (Å²) in [6.45, 7) is 2.04. The van der Waals surface area contributed by atoms with Crippen LogP contribution in [0.2, 0.25) is 0 Å². The summed E-state index contributed by atoms with van der Waals surface area (Å²) in [5.74, 6) is -0.557. The Labute approximate surface area is 102 Å². The molecule has 0 unspecified atom stereocenters. The summed E-state index contributed by atoms with van der Waals surface area (Å²) in [5.41, 5.74) is 1.11. The van der Waals surface area contributed by atoms with E-state index in [-0.39, 0.29) is 17.9 Å². The van der Waals surface area contributed by atoms with Crippen molar-refractivity contribution < 1.29 is 13.9 Å². The van der Waals surface area contributed by atoms with Gasteiger partial charge >= 0.3 is 0 Å². The van der Waals surface area contributed by atoms with Gasteiger partial charge in [0.05, 0.1) is 5.56 Å². The van der Waals surface area contributed by atoms with Crippen LogP contribution in [0.3, 0.4) is 0 Å². The minimum absolute atomic E-state index is 0.0182. The fourth-order valence-corrected chi connectivity index (χ4v) is 2.06. The lowest BCUT2D eigenvalue weighted by Gasteiger charge is -2.07. The summed E-state index contributed by atoms with van der Waals surface area (Å²) in [7, 11) is 0. The summed E-state index contributed by atoms with van der Waals surface area (Å²) in [6.07, 6.45) is 0.575. The molecule has 0 spiro atoms. The maximum Gasteiger partial charge on any atom is 0.166 e. The first-order valence-corrected chi connectivity index (χ1v) is 5.86. The van der Waals surface area contributed by atoms with Crippen LogP contribution in [-0.4, -0.2) is 11.3 Å². The van der Waals surface area contributed by atoms with Crippen LogP contribution in [0.5, 0.6) is 5.75 Å². The van der Waals surface area contributed by atoms with Crippen molar-refractivity contribution in [3.63, 3.8) is 0 Å². The normalized spacial score (nSPS) is 10.2. The van der Waals surface area contributed by atoms with Crippen molar-refractivity contribution in [1.82, 2.24) is 4.98 Å². The number of rotatable bonds is 4. The number of aryl methyl sites for hydroxylation is 1. The molecule has 17 heavy (non-hydrogen) atoms. The van der Waals surface area contributed by atoms with E-state index in [1.165, 1.54) is 29.5 Å². The van der Waals surface area contributed by atoms with Crippen LogP contribution in [0, 0.1) is 12.7 Å². The third-order valence-electron chi connectivity index (χ3n) is 2.13. The maximum absolute atomic E-state index is 13.4. The van der Waals surface area contributed by atoms with Crippen molar-refractivity contribution in [2.24, 2.45) is 0 Å². The molecule has 0 amide bonds. The van der Waals surface area contributed by atoms with Gasteiger partial charge in [-0.2, -0.15) is 0 Å². The van der Waals surface area contributed by atoms with Gasteiger partial charge in [0.25, 0.3) is 0 Å². The van der Waals surface area contributed by atoms with Gasteiger partial charge in [0.2, 0.25) is 0 Å². The smallest absolute Gasteiger partial charge is 0.166 e. The van der Waals surface area contributed by atoms with Crippen LogP contribution >= 0.6 is 11.3 Å². The molecule has 2 aromatic rings. The standard InChI is InChI=1S/C12H10FNO2S/c1-8-7-17-11(14-8)6-16-12-9(5-15)3-2-4-10(12)13/h2-5,7H,6H2,1H3. The first-order valence-electron chi connectivity index (χ1n) is 4.98. The SMILES string of the molecule is Cc1csc(COc2c(F)cccc2C=O)n1. The summed E-state index contributed by atoms with van der Waals surface area (Å²) >= 11 is 1.44. The van der Waals surface area contributed by atoms with E-state index in [0.29, 0.717) is 6.29 Å². The molecule has 0 saturated heterocycles. The molecule has 5 heteroatoms. The Morgan fingerprint density at radius 3 is 3.00 bits per heavy atom. The number of benzene rings is 1. The highest BCUT2D eigenvalue weighted by molar-refractivity contribution is 7.09. The van der Waals surface area contributed by atoms with Crippen LogP contribution in [0.15, 0.2) is 23.6 Å². The molecule has 0 atom stereocenters. The highest BCUT2D eigenvalue weighted by Crippen LogP contribution is 2.22. The number of hydrogen-bond donors (Lipinski definition) is 0. The highest BCUT2D eigenvalue weighted by Gasteiger charge is 2.10. The van der Waals surface area contributed by atoms with Gasteiger partial charge in [-0.3, -0.25) is 4.79 Å². The average Bonchev–Trinajstić information content (AvgIpc) is 2.73. The fourth-order valence-electron chi connectivity index (χ4n) is 1.37. The molecule has 1 aromatic heterocycles. The van der Waals surface area contributed by atoms with Crippen molar-refractivity contribution in [3.05, 3.63) is 45.7 Å². The first kappa shape index (κ1) is 11.7. The summed E-state index contributed by atoms with van der Waals surface area (Å²) in [5, 5.41) is 2.64. The Balaban J connectivity index is 2.16. The number of ether oxygens (including phenoxy) is 1. The van der Waals surface area contributed by atoms with Crippen molar-refractivity contribution in [3.8, 4) is 5.75 Å².